The van der Waals surface area contributed by atoms with E-state index in [1.165, 1.54) is 18.2 Å². The number of benzene rings is 1. The van der Waals surface area contributed by atoms with E-state index in [-0.39, 0.29) is 34.5 Å². The topological polar surface area (TPSA) is 98.5 Å². The molecule has 1 saturated heterocycles. The van der Waals surface area contributed by atoms with Crippen molar-refractivity contribution >= 4 is 27.6 Å². The fourth-order valence-electron chi connectivity index (χ4n) is 2.64. The van der Waals surface area contributed by atoms with Gasteiger partial charge in [0, 0.05) is 13.1 Å². The van der Waals surface area contributed by atoms with E-state index < -0.39 is 21.9 Å². The molecule has 22 heavy (non-hydrogen) atoms. The molecule has 0 aliphatic carbocycles. The van der Waals surface area contributed by atoms with Crippen molar-refractivity contribution in [2.45, 2.75) is 18.2 Å². The molecule has 0 bridgehead atoms. The fourth-order valence-corrected chi connectivity index (χ4v) is 4.69. The first-order valence-corrected chi connectivity index (χ1v) is 8.50. The molecule has 0 spiro atoms. The quantitative estimate of drug-likeness (QED) is 0.905. The third-order valence-corrected chi connectivity index (χ3v) is 5.87. The van der Waals surface area contributed by atoms with E-state index in [0.29, 0.717) is 6.42 Å². The number of carbonyl (C=O) groups is 1. The standard InChI is InChI=1S/C14H15ClN2O4S/c1-9-5-10(14(18)19)8-17(7-9)22(20,21)13-4-2-3-12(15)11(13)6-16/h2-4,9-10H,5,7-8H2,1H3,(H,18,19). The number of aliphatic carboxylic acids is 1. The Bertz CT molecular complexity index is 742. The Balaban J connectivity index is 2.45. The number of sulfonamides is 1. The van der Waals surface area contributed by atoms with Crippen molar-refractivity contribution < 1.29 is 18.3 Å². The van der Waals surface area contributed by atoms with Gasteiger partial charge in [0.25, 0.3) is 0 Å². The second-order valence-electron chi connectivity index (χ2n) is 5.42. The van der Waals surface area contributed by atoms with Gasteiger partial charge in [-0.3, -0.25) is 4.79 Å². The van der Waals surface area contributed by atoms with E-state index in [1.807, 2.05) is 0 Å². The van der Waals surface area contributed by atoms with Crippen LogP contribution in [0.2, 0.25) is 5.02 Å². The average Bonchev–Trinajstić information content (AvgIpc) is 2.46. The first kappa shape index (κ1) is 16.7. The molecule has 2 atom stereocenters. The molecule has 6 nitrogen and oxygen atoms in total. The zero-order valence-corrected chi connectivity index (χ0v) is 13.4. The summed E-state index contributed by atoms with van der Waals surface area (Å²) in [5.74, 6) is -1.84. The summed E-state index contributed by atoms with van der Waals surface area (Å²) < 4.78 is 26.6. The number of nitriles is 1. The van der Waals surface area contributed by atoms with Crippen LogP contribution < -0.4 is 0 Å². The molecule has 8 heteroatoms. The second kappa shape index (κ2) is 6.24. The zero-order chi connectivity index (χ0) is 16.5. The number of carboxylic acids is 1. The molecule has 0 amide bonds. The molecule has 0 radical (unpaired) electrons. The maximum Gasteiger partial charge on any atom is 0.307 e. The third-order valence-electron chi connectivity index (χ3n) is 3.68. The van der Waals surface area contributed by atoms with Crippen molar-refractivity contribution in [2.75, 3.05) is 13.1 Å². The Morgan fingerprint density at radius 3 is 2.73 bits per heavy atom. The predicted molar refractivity (Wildman–Crippen MR) is 79.8 cm³/mol. The van der Waals surface area contributed by atoms with Crippen LogP contribution in [-0.4, -0.2) is 36.9 Å². The Morgan fingerprint density at radius 1 is 1.45 bits per heavy atom. The second-order valence-corrected chi connectivity index (χ2v) is 7.74. The molecule has 1 aliphatic rings. The van der Waals surface area contributed by atoms with Gasteiger partial charge in [0.05, 0.1) is 16.5 Å². The van der Waals surface area contributed by atoms with Gasteiger partial charge < -0.3 is 5.11 Å². The van der Waals surface area contributed by atoms with Crippen LogP contribution >= 0.6 is 11.6 Å². The van der Waals surface area contributed by atoms with Crippen LogP contribution in [0.15, 0.2) is 23.1 Å². The lowest BCUT2D eigenvalue weighted by molar-refractivity contribution is -0.143. The number of hydrogen-bond acceptors (Lipinski definition) is 4. The highest BCUT2D eigenvalue weighted by Gasteiger charge is 2.37. The Morgan fingerprint density at radius 2 is 2.14 bits per heavy atom. The largest absolute Gasteiger partial charge is 0.481 e. The van der Waals surface area contributed by atoms with E-state index in [0.717, 1.165) is 4.31 Å². The number of hydrogen-bond donors (Lipinski definition) is 1. The van der Waals surface area contributed by atoms with Crippen LogP contribution in [0, 0.1) is 23.2 Å². The molecule has 1 N–H and O–H groups in total. The summed E-state index contributed by atoms with van der Waals surface area (Å²) in [4.78, 5) is 11.0. The fraction of sp³-hybridized carbons (Fsp3) is 0.429. The van der Waals surface area contributed by atoms with Crippen LogP contribution in [0.5, 0.6) is 0 Å². The molecule has 1 aliphatic heterocycles. The minimum absolute atomic E-state index is 0.0587. The molecular weight excluding hydrogens is 328 g/mol. The normalized spacial score (nSPS) is 23.0. The lowest BCUT2D eigenvalue weighted by atomic mass is 9.92. The highest BCUT2D eigenvalue weighted by Crippen LogP contribution is 2.30. The maximum absolute atomic E-state index is 12.8. The van der Waals surface area contributed by atoms with E-state index in [1.54, 1.807) is 13.0 Å². The SMILES string of the molecule is CC1CC(C(=O)O)CN(S(=O)(=O)c2cccc(Cl)c2C#N)C1. The molecule has 0 aromatic heterocycles. The highest BCUT2D eigenvalue weighted by atomic mass is 35.5. The number of nitrogens with zero attached hydrogens (tertiary/aromatic N) is 2. The minimum Gasteiger partial charge on any atom is -0.481 e. The summed E-state index contributed by atoms with van der Waals surface area (Å²) in [7, 11) is -3.96. The van der Waals surface area contributed by atoms with E-state index >= 15 is 0 Å². The summed E-state index contributed by atoms with van der Waals surface area (Å²) in [5, 5.41) is 18.4. The van der Waals surface area contributed by atoms with E-state index in [2.05, 4.69) is 0 Å². The minimum atomic E-state index is -3.96. The van der Waals surface area contributed by atoms with Gasteiger partial charge in [-0.1, -0.05) is 24.6 Å². The molecule has 0 saturated carbocycles. The van der Waals surface area contributed by atoms with Gasteiger partial charge in [0.1, 0.15) is 11.0 Å². The van der Waals surface area contributed by atoms with Gasteiger partial charge in [-0.05, 0) is 24.5 Å². The summed E-state index contributed by atoms with van der Waals surface area (Å²) in [6.07, 6.45) is 0.433. The molecule has 1 fully saturated rings. The van der Waals surface area contributed by atoms with Crippen LogP contribution in [0.3, 0.4) is 0 Å². The number of rotatable bonds is 3. The van der Waals surface area contributed by atoms with Gasteiger partial charge in [0.15, 0.2) is 0 Å². The first-order chi connectivity index (χ1) is 10.3. The third kappa shape index (κ3) is 3.09. The predicted octanol–water partition coefficient (Wildman–Crippen LogP) is 1.94. The Kier molecular flexibility index (Phi) is 4.75. The van der Waals surface area contributed by atoms with Crippen molar-refractivity contribution in [1.29, 1.82) is 5.26 Å². The smallest absolute Gasteiger partial charge is 0.307 e. The monoisotopic (exact) mass is 342 g/mol. The van der Waals surface area contributed by atoms with Crippen LogP contribution in [-0.2, 0) is 14.8 Å². The molecule has 1 aromatic rings. The summed E-state index contributed by atoms with van der Waals surface area (Å²) >= 11 is 5.88. The molecule has 118 valence electrons. The van der Waals surface area contributed by atoms with Crippen molar-refractivity contribution in [3.8, 4) is 6.07 Å². The Hall–Kier alpha value is -1.62. The van der Waals surface area contributed by atoms with E-state index in [9.17, 15) is 13.2 Å². The lowest BCUT2D eigenvalue weighted by Crippen LogP contribution is -2.45. The molecule has 1 aromatic carbocycles. The number of piperidine rings is 1. The molecule has 1 heterocycles. The lowest BCUT2D eigenvalue weighted by Gasteiger charge is -2.33. The first-order valence-electron chi connectivity index (χ1n) is 6.69. The molecular formula is C14H15ClN2O4S. The van der Waals surface area contributed by atoms with Crippen molar-refractivity contribution in [1.82, 2.24) is 4.31 Å². The van der Waals surface area contributed by atoms with Gasteiger partial charge in [-0.25, -0.2) is 8.42 Å². The van der Waals surface area contributed by atoms with Gasteiger partial charge >= 0.3 is 5.97 Å². The maximum atomic E-state index is 12.8. The number of halogens is 1. The van der Waals surface area contributed by atoms with Crippen molar-refractivity contribution in [3.63, 3.8) is 0 Å². The van der Waals surface area contributed by atoms with Crippen LogP contribution in [0.1, 0.15) is 18.9 Å². The number of carboxylic acid groups (broad SMARTS) is 1. The summed E-state index contributed by atoms with van der Waals surface area (Å²) in [6, 6.07) is 6.01. The van der Waals surface area contributed by atoms with Gasteiger partial charge in [0.2, 0.25) is 10.0 Å². The van der Waals surface area contributed by atoms with Crippen molar-refractivity contribution in [2.24, 2.45) is 11.8 Å². The van der Waals surface area contributed by atoms with E-state index in [4.69, 9.17) is 22.0 Å². The Labute approximate surface area is 134 Å². The molecule has 2 unspecified atom stereocenters. The highest BCUT2D eigenvalue weighted by molar-refractivity contribution is 7.89. The van der Waals surface area contributed by atoms with Crippen molar-refractivity contribution in [3.05, 3.63) is 28.8 Å². The summed E-state index contributed by atoms with van der Waals surface area (Å²) in [5.41, 5.74) is -0.116. The zero-order valence-electron chi connectivity index (χ0n) is 11.9. The van der Waals surface area contributed by atoms with Crippen LogP contribution in [0.4, 0.5) is 0 Å². The van der Waals surface area contributed by atoms with Crippen LogP contribution in [0.25, 0.3) is 0 Å². The van der Waals surface area contributed by atoms with Gasteiger partial charge in [-0.2, -0.15) is 9.57 Å². The summed E-state index contributed by atoms with van der Waals surface area (Å²) in [6.45, 7) is 1.93. The van der Waals surface area contributed by atoms with Gasteiger partial charge in [-0.15, -0.1) is 0 Å². The average molecular weight is 343 g/mol. The molecule has 2 rings (SSSR count).